The van der Waals surface area contributed by atoms with E-state index in [1.807, 2.05) is 12.1 Å². The molecule has 1 aliphatic rings. The lowest BCUT2D eigenvalue weighted by molar-refractivity contribution is -0.136. The monoisotopic (exact) mass is 1070 g/mol. The zero-order valence-corrected chi connectivity index (χ0v) is 42.8. The summed E-state index contributed by atoms with van der Waals surface area (Å²) in [7, 11) is 0. The number of nitrogens with two attached hydrogens (primary N) is 5. The third-order valence-electron chi connectivity index (χ3n) is 12.3. The van der Waals surface area contributed by atoms with Crippen molar-refractivity contribution in [3.05, 3.63) is 65.9 Å². The molecule has 0 aliphatic carbocycles. The van der Waals surface area contributed by atoms with Crippen LogP contribution >= 0.6 is 0 Å². The minimum Gasteiger partial charge on any atom is -0.399 e. The third kappa shape index (κ3) is 21.0. The standard InChI is InChI=1S/C49H72N18O10/c1-26(68)61-33(10-5-21-58-48(53)54)42(72)65-36-17-19-40(70)57-20-4-9-32(41(52)71)62-47(77)38(24-28-25-60-31-8-3-2-7-30(28)31)67-43(73)34(11-6-22-59-49(55)56)63-46(76)37(23-27-12-14-29(50)15-13-27)66-45(75)35(64-44(36)74)16-18-39(51)69/h2-3,7-8,12-15,25,32-38,60H,4-6,9-11,16-24,50H2,1H3,(H2,51,69)(H2,52,71)(H,57,70)(H,61,68)(H,62,77)(H,63,76)(H,64,74)(H,65,72)(H,66,75)(H,67,73)(H4,53,54,58)(H4,55,56,59)/t32?,33-,34-,35-,36-,37+,38-/m0/s1. The van der Waals surface area contributed by atoms with Crippen LogP contribution in [0.25, 0.3) is 10.9 Å². The van der Waals surface area contributed by atoms with Gasteiger partial charge in [-0.25, -0.2) is 0 Å². The second-order valence-corrected chi connectivity index (χ2v) is 18.5. The number of hydrogen-bond donors (Lipinski definition) is 18. The molecule has 4 rings (SSSR count). The maximum absolute atomic E-state index is 14.7. The second-order valence-electron chi connectivity index (χ2n) is 18.5. The minimum absolute atomic E-state index is 0.0109. The molecule has 2 aromatic carbocycles. The molecule has 1 saturated heterocycles. The van der Waals surface area contributed by atoms with Crippen LogP contribution in [-0.4, -0.2) is 138 Å². The summed E-state index contributed by atoms with van der Waals surface area (Å²) < 4.78 is 0. The van der Waals surface area contributed by atoms with Crippen LogP contribution in [0.3, 0.4) is 0 Å². The average Bonchev–Trinajstić information content (AvgIpc) is 3.78. The van der Waals surface area contributed by atoms with Crippen molar-refractivity contribution >= 4 is 87.6 Å². The van der Waals surface area contributed by atoms with E-state index < -0.39 is 121 Å². The lowest BCUT2D eigenvalue weighted by Gasteiger charge is -2.28. The number of fused-ring (bicyclic) bond motifs is 1. The van der Waals surface area contributed by atoms with Crippen molar-refractivity contribution in [1.82, 2.24) is 58.2 Å². The number of para-hydroxylation sites is 1. The highest BCUT2D eigenvalue weighted by Crippen LogP contribution is 2.20. The number of hydrogen-bond acceptors (Lipinski definition) is 13. The first-order chi connectivity index (χ1) is 36.6. The van der Waals surface area contributed by atoms with E-state index in [2.05, 4.69) is 58.2 Å². The summed E-state index contributed by atoms with van der Waals surface area (Å²) in [6.07, 6.45) is -0.0454. The molecule has 23 N–H and O–H groups in total. The molecule has 0 bridgehead atoms. The van der Waals surface area contributed by atoms with Crippen LogP contribution in [-0.2, 0) is 60.8 Å². The van der Waals surface area contributed by atoms with Crippen LogP contribution in [0.15, 0.2) is 54.7 Å². The fourth-order valence-corrected chi connectivity index (χ4v) is 8.31. The highest BCUT2D eigenvalue weighted by molar-refractivity contribution is 5.98. The number of aromatic amines is 1. The van der Waals surface area contributed by atoms with E-state index >= 15 is 0 Å². The highest BCUT2D eigenvalue weighted by atomic mass is 16.2. The maximum atomic E-state index is 14.7. The molecule has 28 heteroatoms. The van der Waals surface area contributed by atoms with Crippen molar-refractivity contribution in [2.75, 3.05) is 25.4 Å². The summed E-state index contributed by atoms with van der Waals surface area (Å²) in [5.74, 6) is -9.12. The van der Waals surface area contributed by atoms with E-state index in [0.717, 1.165) is 10.9 Å². The van der Waals surface area contributed by atoms with Crippen molar-refractivity contribution in [1.29, 1.82) is 10.8 Å². The quantitative estimate of drug-likeness (QED) is 0.0235. The van der Waals surface area contributed by atoms with Gasteiger partial charge in [-0.05, 0) is 80.7 Å². The Bertz CT molecular complexity index is 2610. The van der Waals surface area contributed by atoms with Gasteiger partial charge in [0.25, 0.3) is 0 Å². The Kier molecular flexibility index (Phi) is 23.9. The molecule has 0 radical (unpaired) electrons. The second kappa shape index (κ2) is 30.4. The number of nitrogens with one attached hydrogen (secondary N) is 13. The summed E-state index contributed by atoms with van der Waals surface area (Å²) >= 11 is 0. The van der Waals surface area contributed by atoms with Gasteiger partial charge in [0.1, 0.15) is 42.3 Å². The molecular weight excluding hydrogens is 1000 g/mol. The number of anilines is 1. The number of aromatic nitrogens is 1. The van der Waals surface area contributed by atoms with E-state index in [0.29, 0.717) is 16.8 Å². The topological polar surface area (TPSA) is 485 Å². The SMILES string of the molecule is CC(=O)N[C@@H](CCCNC(=N)N)C(=O)N[C@H]1CCC(=O)NCCCC(C(N)=O)NC(=O)[C@H](Cc2c[nH]c3ccccc23)NC(=O)[C@H](CCCNC(=N)N)NC(=O)[C@@H](Cc2ccc(N)cc2)NC(=O)[C@H](CCC(N)=O)NC1=O. The number of benzene rings is 2. The van der Waals surface area contributed by atoms with Crippen molar-refractivity contribution in [3.8, 4) is 0 Å². The number of nitrogen functional groups attached to an aromatic ring is 1. The van der Waals surface area contributed by atoms with E-state index in [1.54, 1.807) is 42.6 Å². The predicted molar refractivity (Wildman–Crippen MR) is 283 cm³/mol. The fraction of sp³-hybridized carbons (Fsp3) is 0.469. The molecule has 7 atom stereocenters. The molecule has 0 saturated carbocycles. The number of guanidine groups is 2. The fourth-order valence-electron chi connectivity index (χ4n) is 8.31. The van der Waals surface area contributed by atoms with E-state index in [1.165, 1.54) is 6.92 Å². The minimum atomic E-state index is -1.62. The van der Waals surface area contributed by atoms with Gasteiger partial charge in [-0.1, -0.05) is 30.3 Å². The molecule has 418 valence electrons. The number of amides is 10. The molecule has 77 heavy (non-hydrogen) atoms. The van der Waals surface area contributed by atoms with Crippen LogP contribution in [0.2, 0.25) is 0 Å². The van der Waals surface area contributed by atoms with Crippen LogP contribution in [0, 0.1) is 10.8 Å². The Hall–Kier alpha value is -8.98. The summed E-state index contributed by atoms with van der Waals surface area (Å²) in [4.78, 5) is 140. The zero-order chi connectivity index (χ0) is 56.6. The van der Waals surface area contributed by atoms with Gasteiger partial charge in [-0.3, -0.25) is 58.8 Å². The van der Waals surface area contributed by atoms with Crippen LogP contribution in [0.5, 0.6) is 0 Å². The van der Waals surface area contributed by atoms with Crippen molar-refractivity contribution in [3.63, 3.8) is 0 Å². The van der Waals surface area contributed by atoms with E-state index in [4.69, 9.17) is 39.5 Å². The lowest BCUT2D eigenvalue weighted by Crippen LogP contribution is -2.60. The van der Waals surface area contributed by atoms with Gasteiger partial charge >= 0.3 is 0 Å². The van der Waals surface area contributed by atoms with Gasteiger partial charge in [0.2, 0.25) is 59.1 Å². The molecular formula is C49H72N18O10. The molecule has 10 amide bonds. The van der Waals surface area contributed by atoms with Crippen molar-refractivity contribution in [2.45, 2.75) is 126 Å². The van der Waals surface area contributed by atoms with Crippen molar-refractivity contribution in [2.24, 2.45) is 22.9 Å². The normalized spacial score (nSPS) is 20.8. The number of carbonyl (C=O) groups is 10. The van der Waals surface area contributed by atoms with E-state index in [9.17, 15) is 47.9 Å². The number of primary amides is 2. The summed E-state index contributed by atoms with van der Waals surface area (Å²) in [6.45, 7) is 1.35. The first-order valence-electron chi connectivity index (χ1n) is 25.1. The van der Waals surface area contributed by atoms with Crippen LogP contribution in [0.1, 0.15) is 82.3 Å². The molecule has 1 aromatic heterocycles. The Morgan fingerprint density at radius 1 is 0.701 bits per heavy atom. The Morgan fingerprint density at radius 3 is 1.92 bits per heavy atom. The molecule has 1 fully saturated rings. The van der Waals surface area contributed by atoms with Crippen LogP contribution in [0.4, 0.5) is 5.69 Å². The molecule has 3 aromatic rings. The summed E-state index contributed by atoms with van der Waals surface area (Å²) in [6, 6.07) is 3.47. The number of H-pyrrole nitrogens is 1. The van der Waals surface area contributed by atoms with Crippen molar-refractivity contribution < 1.29 is 47.9 Å². The number of rotatable bonds is 19. The first kappa shape index (κ1) is 60.6. The number of carbonyl (C=O) groups excluding carboxylic acids is 10. The average molecular weight is 1070 g/mol. The molecule has 2 heterocycles. The first-order valence-corrected chi connectivity index (χ1v) is 25.1. The predicted octanol–water partition coefficient (Wildman–Crippen LogP) is -4.08. The smallest absolute Gasteiger partial charge is 0.243 e. The highest BCUT2D eigenvalue weighted by Gasteiger charge is 2.35. The summed E-state index contributed by atoms with van der Waals surface area (Å²) in [5, 5.41) is 41.9. The maximum Gasteiger partial charge on any atom is 0.243 e. The lowest BCUT2D eigenvalue weighted by atomic mass is 10.0. The van der Waals surface area contributed by atoms with Crippen LogP contribution < -0.4 is 81.8 Å². The zero-order valence-electron chi connectivity index (χ0n) is 42.8. The van der Waals surface area contributed by atoms with Gasteiger partial charge < -0.3 is 86.8 Å². The Morgan fingerprint density at radius 2 is 1.29 bits per heavy atom. The van der Waals surface area contributed by atoms with Gasteiger partial charge in [0.05, 0.1) is 0 Å². The Balaban J connectivity index is 1.79. The molecule has 1 aliphatic heterocycles. The molecule has 28 nitrogen and oxygen atoms in total. The van der Waals surface area contributed by atoms with Gasteiger partial charge in [0.15, 0.2) is 11.9 Å². The van der Waals surface area contributed by atoms with Gasteiger partial charge in [-0.2, -0.15) is 0 Å². The third-order valence-corrected chi connectivity index (χ3v) is 12.3. The Labute approximate surface area is 443 Å². The van der Waals surface area contributed by atoms with E-state index in [-0.39, 0.29) is 89.3 Å². The van der Waals surface area contributed by atoms with Gasteiger partial charge in [-0.15, -0.1) is 0 Å². The molecule has 0 spiro atoms. The van der Waals surface area contributed by atoms with Gasteiger partial charge in [0, 0.05) is 75.0 Å². The largest absolute Gasteiger partial charge is 0.399 e. The molecule has 1 unspecified atom stereocenters. The summed E-state index contributed by atoms with van der Waals surface area (Å²) in [5.41, 5.74) is 30.3.